The van der Waals surface area contributed by atoms with Crippen LogP contribution in [0.4, 0.5) is 5.69 Å². The van der Waals surface area contributed by atoms with Crippen molar-refractivity contribution in [1.82, 2.24) is 0 Å². The number of amidine groups is 1. The molecule has 0 spiro atoms. The molecule has 0 aromatic heterocycles. The van der Waals surface area contributed by atoms with Crippen LogP contribution >= 0.6 is 11.6 Å². The van der Waals surface area contributed by atoms with Crippen LogP contribution in [0.15, 0.2) is 23.4 Å². The number of hydrogen-bond donors (Lipinski definition) is 2. The summed E-state index contributed by atoms with van der Waals surface area (Å²) in [5, 5.41) is 12.6. The van der Waals surface area contributed by atoms with Crippen molar-refractivity contribution < 1.29 is 9.94 Å². The Balaban J connectivity index is 2.19. The summed E-state index contributed by atoms with van der Waals surface area (Å²) < 4.78 is 5.50. The van der Waals surface area contributed by atoms with E-state index in [-0.39, 0.29) is 5.84 Å². The average molecular weight is 298 g/mol. The minimum atomic E-state index is 0.0865. The lowest BCUT2D eigenvalue weighted by molar-refractivity contribution is 0.0576. The molecule has 1 unspecified atom stereocenters. The molecule has 6 heteroatoms. The Bertz CT molecular complexity index is 487. The van der Waals surface area contributed by atoms with Gasteiger partial charge in [-0.15, -0.1) is 0 Å². The van der Waals surface area contributed by atoms with E-state index in [1.165, 1.54) is 0 Å². The first kappa shape index (κ1) is 14.9. The lowest BCUT2D eigenvalue weighted by Crippen LogP contribution is -2.32. The lowest BCUT2D eigenvalue weighted by atomic mass is 10.0. The first-order chi connectivity index (χ1) is 9.61. The minimum Gasteiger partial charge on any atom is -0.409 e. The summed E-state index contributed by atoms with van der Waals surface area (Å²) in [5.74, 6) is 0.580. The summed E-state index contributed by atoms with van der Waals surface area (Å²) in [6.07, 6.45) is 2.25. The number of oxime groups is 1. The summed E-state index contributed by atoms with van der Waals surface area (Å²) in [6.45, 7) is 2.49. The highest BCUT2D eigenvalue weighted by molar-refractivity contribution is 6.31. The smallest absolute Gasteiger partial charge is 0.172 e. The molecule has 0 aliphatic carbocycles. The molecular weight excluding hydrogens is 278 g/mol. The second kappa shape index (κ2) is 6.81. The predicted octanol–water partition coefficient (Wildman–Crippen LogP) is 2.30. The molecule has 1 aliphatic rings. The van der Waals surface area contributed by atoms with Crippen LogP contribution < -0.4 is 10.6 Å². The average Bonchev–Trinajstić information content (AvgIpc) is 2.47. The summed E-state index contributed by atoms with van der Waals surface area (Å²) >= 11 is 6.06. The molecule has 110 valence electrons. The van der Waals surface area contributed by atoms with Crippen LogP contribution in [0.25, 0.3) is 0 Å². The Morgan fingerprint density at radius 1 is 1.60 bits per heavy atom. The zero-order valence-electron chi connectivity index (χ0n) is 11.6. The lowest BCUT2D eigenvalue weighted by Gasteiger charge is -2.29. The van der Waals surface area contributed by atoms with Gasteiger partial charge in [0.05, 0.1) is 6.61 Å². The highest BCUT2D eigenvalue weighted by Crippen LogP contribution is 2.26. The number of benzene rings is 1. The second-order valence-corrected chi connectivity index (χ2v) is 5.55. The van der Waals surface area contributed by atoms with Crippen molar-refractivity contribution in [1.29, 1.82) is 0 Å². The third kappa shape index (κ3) is 3.55. The fraction of sp³-hybridized carbons (Fsp3) is 0.500. The summed E-state index contributed by atoms with van der Waals surface area (Å²) in [5.41, 5.74) is 7.26. The fourth-order valence-electron chi connectivity index (χ4n) is 2.53. The summed E-state index contributed by atoms with van der Waals surface area (Å²) in [7, 11) is 1.98. The van der Waals surface area contributed by atoms with E-state index in [1.54, 1.807) is 12.1 Å². The molecule has 0 saturated carbocycles. The molecule has 1 aliphatic heterocycles. The van der Waals surface area contributed by atoms with Gasteiger partial charge in [0.1, 0.15) is 0 Å². The van der Waals surface area contributed by atoms with E-state index in [0.717, 1.165) is 38.3 Å². The van der Waals surface area contributed by atoms with Gasteiger partial charge in [-0.2, -0.15) is 0 Å². The van der Waals surface area contributed by atoms with E-state index in [9.17, 15) is 0 Å². The van der Waals surface area contributed by atoms with Crippen LogP contribution in [0, 0.1) is 5.92 Å². The SMILES string of the molecule is CN(CC1CCCOC1)c1cc(Cl)ccc1C(N)=NO. The van der Waals surface area contributed by atoms with Crippen molar-refractivity contribution in [3.8, 4) is 0 Å². The van der Waals surface area contributed by atoms with E-state index in [1.807, 2.05) is 13.1 Å². The molecule has 3 N–H and O–H groups in total. The Morgan fingerprint density at radius 2 is 2.40 bits per heavy atom. The Labute approximate surface area is 124 Å². The van der Waals surface area contributed by atoms with Crippen molar-refractivity contribution in [2.75, 3.05) is 31.7 Å². The Hall–Kier alpha value is -1.46. The van der Waals surface area contributed by atoms with E-state index in [0.29, 0.717) is 16.5 Å². The van der Waals surface area contributed by atoms with Crippen LogP contribution in [0.3, 0.4) is 0 Å². The first-order valence-electron chi connectivity index (χ1n) is 6.68. The van der Waals surface area contributed by atoms with Gasteiger partial charge in [0.25, 0.3) is 0 Å². The summed E-state index contributed by atoms with van der Waals surface area (Å²) in [6, 6.07) is 5.33. The minimum absolute atomic E-state index is 0.0865. The maximum atomic E-state index is 8.88. The molecule has 2 rings (SSSR count). The number of halogens is 1. The van der Waals surface area contributed by atoms with Gasteiger partial charge in [-0.3, -0.25) is 0 Å². The molecule has 0 bridgehead atoms. The topological polar surface area (TPSA) is 71.1 Å². The quantitative estimate of drug-likeness (QED) is 0.387. The van der Waals surface area contributed by atoms with E-state index < -0.39 is 0 Å². The molecule has 1 saturated heterocycles. The number of nitrogens with two attached hydrogens (primary N) is 1. The van der Waals surface area contributed by atoms with Gasteiger partial charge < -0.3 is 20.6 Å². The molecule has 5 nitrogen and oxygen atoms in total. The first-order valence-corrected chi connectivity index (χ1v) is 7.06. The standard InChI is InChI=1S/C14H20ClN3O2/c1-18(8-10-3-2-6-20-9-10)13-7-11(15)4-5-12(13)14(16)17-19/h4-5,7,10,19H,2-3,6,8-9H2,1H3,(H2,16,17). The third-order valence-electron chi connectivity index (χ3n) is 3.54. The molecule has 1 fully saturated rings. The van der Waals surface area contributed by atoms with Gasteiger partial charge in [0, 0.05) is 36.5 Å². The highest BCUT2D eigenvalue weighted by atomic mass is 35.5. The highest BCUT2D eigenvalue weighted by Gasteiger charge is 2.18. The zero-order chi connectivity index (χ0) is 14.5. The van der Waals surface area contributed by atoms with Gasteiger partial charge in [0.15, 0.2) is 5.84 Å². The maximum absolute atomic E-state index is 8.88. The molecule has 1 aromatic carbocycles. The van der Waals surface area contributed by atoms with E-state index in [4.69, 9.17) is 27.3 Å². The Kier molecular flexibility index (Phi) is 5.09. The molecule has 0 amide bonds. The van der Waals surface area contributed by atoms with Crippen LogP contribution in [-0.2, 0) is 4.74 Å². The fourth-order valence-corrected chi connectivity index (χ4v) is 2.69. The van der Waals surface area contributed by atoms with Crippen LogP contribution in [-0.4, -0.2) is 37.8 Å². The van der Waals surface area contributed by atoms with Crippen molar-refractivity contribution in [3.63, 3.8) is 0 Å². The van der Waals surface area contributed by atoms with Crippen molar-refractivity contribution in [2.24, 2.45) is 16.8 Å². The number of hydrogen-bond acceptors (Lipinski definition) is 4. The van der Waals surface area contributed by atoms with Crippen molar-refractivity contribution in [3.05, 3.63) is 28.8 Å². The van der Waals surface area contributed by atoms with E-state index >= 15 is 0 Å². The van der Waals surface area contributed by atoms with Crippen molar-refractivity contribution in [2.45, 2.75) is 12.8 Å². The normalized spacial score (nSPS) is 19.9. The number of anilines is 1. The molecule has 0 radical (unpaired) electrons. The van der Waals surface area contributed by atoms with Crippen LogP contribution in [0.1, 0.15) is 18.4 Å². The van der Waals surface area contributed by atoms with Gasteiger partial charge in [-0.05, 0) is 37.0 Å². The number of ether oxygens (including phenoxy) is 1. The zero-order valence-corrected chi connectivity index (χ0v) is 12.3. The van der Waals surface area contributed by atoms with Gasteiger partial charge >= 0.3 is 0 Å². The molecule has 1 aromatic rings. The molecule has 20 heavy (non-hydrogen) atoms. The largest absolute Gasteiger partial charge is 0.409 e. The van der Waals surface area contributed by atoms with Gasteiger partial charge in [-0.1, -0.05) is 16.8 Å². The predicted molar refractivity (Wildman–Crippen MR) is 80.8 cm³/mol. The van der Waals surface area contributed by atoms with Crippen LogP contribution in [0.5, 0.6) is 0 Å². The number of rotatable bonds is 4. The number of nitrogens with zero attached hydrogens (tertiary/aromatic N) is 2. The van der Waals surface area contributed by atoms with Crippen molar-refractivity contribution >= 4 is 23.1 Å². The molecule has 1 atom stereocenters. The van der Waals surface area contributed by atoms with E-state index in [2.05, 4.69) is 10.1 Å². The second-order valence-electron chi connectivity index (χ2n) is 5.11. The third-order valence-corrected chi connectivity index (χ3v) is 3.78. The Morgan fingerprint density at radius 3 is 3.05 bits per heavy atom. The monoisotopic (exact) mass is 297 g/mol. The molecule has 1 heterocycles. The molecular formula is C14H20ClN3O2. The maximum Gasteiger partial charge on any atom is 0.172 e. The van der Waals surface area contributed by atoms with Gasteiger partial charge in [-0.25, -0.2) is 0 Å². The van der Waals surface area contributed by atoms with Crippen LogP contribution in [0.2, 0.25) is 5.02 Å². The van der Waals surface area contributed by atoms with Gasteiger partial charge in [0.2, 0.25) is 0 Å². The summed E-state index contributed by atoms with van der Waals surface area (Å²) in [4.78, 5) is 2.08.